The van der Waals surface area contributed by atoms with Gasteiger partial charge in [-0.2, -0.15) is 0 Å². The molecule has 0 fully saturated rings. The molecule has 3 heteroatoms. The third-order valence-corrected chi connectivity index (χ3v) is 4.02. The van der Waals surface area contributed by atoms with Gasteiger partial charge in [-0.05, 0) is 62.3 Å². The predicted octanol–water partition coefficient (Wildman–Crippen LogP) is 3.03. The first-order valence-corrected chi connectivity index (χ1v) is 7.42. The van der Waals surface area contributed by atoms with E-state index in [0.29, 0.717) is 0 Å². The number of benzene rings is 1. The van der Waals surface area contributed by atoms with Crippen molar-refractivity contribution in [3.05, 3.63) is 52.6 Å². The molecule has 20 heavy (non-hydrogen) atoms. The summed E-state index contributed by atoms with van der Waals surface area (Å²) in [5, 5.41) is 0. The van der Waals surface area contributed by atoms with E-state index >= 15 is 0 Å². The van der Waals surface area contributed by atoms with Gasteiger partial charge in [-0.25, -0.2) is 9.97 Å². The average Bonchev–Trinajstić information content (AvgIpc) is 2.45. The normalized spacial score (nSPS) is 14.1. The van der Waals surface area contributed by atoms with Crippen LogP contribution in [0.15, 0.2) is 24.3 Å². The molecule has 1 aromatic heterocycles. The molecule has 1 aliphatic rings. The Labute approximate surface area is 120 Å². The summed E-state index contributed by atoms with van der Waals surface area (Å²) in [5.41, 5.74) is 11.7. The smallest absolute Gasteiger partial charge is 0.129 e. The molecule has 1 aliphatic carbocycles. The van der Waals surface area contributed by atoms with Crippen molar-refractivity contribution in [2.45, 2.75) is 45.4 Å². The van der Waals surface area contributed by atoms with E-state index in [4.69, 9.17) is 10.7 Å². The Bertz CT molecular complexity index is 620. The Morgan fingerprint density at radius 2 is 1.95 bits per heavy atom. The van der Waals surface area contributed by atoms with Crippen LogP contribution in [0.4, 0.5) is 5.69 Å². The first kappa shape index (κ1) is 13.1. The van der Waals surface area contributed by atoms with Crippen molar-refractivity contribution in [2.24, 2.45) is 0 Å². The van der Waals surface area contributed by atoms with E-state index in [1.165, 1.54) is 35.4 Å². The van der Waals surface area contributed by atoms with Crippen molar-refractivity contribution in [1.29, 1.82) is 0 Å². The first-order chi connectivity index (χ1) is 9.72. The summed E-state index contributed by atoms with van der Waals surface area (Å²) in [6.07, 6.45) is 6.64. The molecule has 1 heterocycles. The van der Waals surface area contributed by atoms with Gasteiger partial charge in [0.25, 0.3) is 0 Å². The molecule has 0 radical (unpaired) electrons. The molecule has 3 rings (SSSR count). The number of nitrogens with zero attached hydrogens (tertiary/aromatic N) is 2. The fraction of sp³-hybridized carbons (Fsp3) is 0.412. The number of aromatic nitrogens is 2. The average molecular weight is 267 g/mol. The Morgan fingerprint density at radius 1 is 1.10 bits per heavy atom. The molecule has 0 amide bonds. The minimum absolute atomic E-state index is 0.824. The monoisotopic (exact) mass is 267 g/mol. The SMILES string of the molecule is Cc1nc(CCc2cccc(N)c2)nc2c1CCCC2. The topological polar surface area (TPSA) is 51.8 Å². The zero-order valence-corrected chi connectivity index (χ0v) is 12.0. The number of nitrogens with two attached hydrogens (primary N) is 1. The van der Waals surface area contributed by atoms with Gasteiger partial charge in [0.1, 0.15) is 5.82 Å². The van der Waals surface area contributed by atoms with Crippen molar-refractivity contribution in [3.8, 4) is 0 Å². The van der Waals surface area contributed by atoms with Crippen LogP contribution in [0.2, 0.25) is 0 Å². The summed E-state index contributed by atoms with van der Waals surface area (Å²) in [6.45, 7) is 2.12. The van der Waals surface area contributed by atoms with Crippen LogP contribution >= 0.6 is 0 Å². The third-order valence-electron chi connectivity index (χ3n) is 4.02. The van der Waals surface area contributed by atoms with E-state index in [1.807, 2.05) is 18.2 Å². The van der Waals surface area contributed by atoms with Crippen LogP contribution in [0.3, 0.4) is 0 Å². The summed E-state index contributed by atoms with van der Waals surface area (Å²) in [4.78, 5) is 9.45. The maximum atomic E-state index is 5.81. The summed E-state index contributed by atoms with van der Waals surface area (Å²) in [7, 11) is 0. The summed E-state index contributed by atoms with van der Waals surface area (Å²) in [5.74, 6) is 0.977. The lowest BCUT2D eigenvalue weighted by Crippen LogP contribution is -2.12. The van der Waals surface area contributed by atoms with E-state index in [0.717, 1.165) is 37.2 Å². The Hall–Kier alpha value is -1.90. The number of fused-ring (bicyclic) bond motifs is 1. The van der Waals surface area contributed by atoms with Gasteiger partial charge in [0, 0.05) is 23.5 Å². The van der Waals surface area contributed by atoms with Gasteiger partial charge in [-0.1, -0.05) is 12.1 Å². The van der Waals surface area contributed by atoms with Gasteiger partial charge in [0.05, 0.1) is 0 Å². The van der Waals surface area contributed by atoms with Crippen LogP contribution < -0.4 is 5.73 Å². The number of hydrogen-bond donors (Lipinski definition) is 1. The number of anilines is 1. The van der Waals surface area contributed by atoms with Crippen molar-refractivity contribution in [1.82, 2.24) is 9.97 Å². The molecule has 0 aliphatic heterocycles. The highest BCUT2D eigenvalue weighted by Gasteiger charge is 2.15. The lowest BCUT2D eigenvalue weighted by atomic mass is 9.95. The molecular formula is C17H21N3. The molecule has 0 bridgehead atoms. The van der Waals surface area contributed by atoms with Crippen LogP contribution in [0.1, 0.15) is 41.2 Å². The molecule has 2 N–H and O–H groups in total. The van der Waals surface area contributed by atoms with Gasteiger partial charge >= 0.3 is 0 Å². The number of hydrogen-bond acceptors (Lipinski definition) is 3. The highest BCUT2D eigenvalue weighted by molar-refractivity contribution is 5.40. The summed E-state index contributed by atoms with van der Waals surface area (Å²) >= 11 is 0. The predicted molar refractivity (Wildman–Crippen MR) is 81.7 cm³/mol. The van der Waals surface area contributed by atoms with E-state index < -0.39 is 0 Å². The standard InChI is InChI=1S/C17H21N3/c1-12-15-7-2-3-8-16(15)20-17(19-12)10-9-13-5-4-6-14(18)11-13/h4-6,11H,2-3,7-10,18H2,1H3. The lowest BCUT2D eigenvalue weighted by Gasteiger charge is -2.17. The fourth-order valence-corrected chi connectivity index (χ4v) is 2.96. The summed E-state index contributed by atoms with van der Waals surface area (Å²) < 4.78 is 0. The lowest BCUT2D eigenvalue weighted by molar-refractivity contribution is 0.645. The van der Waals surface area contributed by atoms with E-state index in [1.54, 1.807) is 0 Å². The minimum Gasteiger partial charge on any atom is -0.399 e. The second-order valence-electron chi connectivity index (χ2n) is 5.60. The molecule has 3 nitrogen and oxygen atoms in total. The molecule has 1 aromatic carbocycles. The summed E-state index contributed by atoms with van der Waals surface area (Å²) in [6, 6.07) is 8.07. The van der Waals surface area contributed by atoms with E-state index in [9.17, 15) is 0 Å². The van der Waals surface area contributed by atoms with Gasteiger partial charge in [-0.15, -0.1) is 0 Å². The van der Waals surface area contributed by atoms with Gasteiger partial charge in [0.2, 0.25) is 0 Å². The largest absolute Gasteiger partial charge is 0.399 e. The molecule has 0 atom stereocenters. The van der Waals surface area contributed by atoms with Gasteiger partial charge in [0.15, 0.2) is 0 Å². The zero-order valence-electron chi connectivity index (χ0n) is 12.0. The van der Waals surface area contributed by atoms with Gasteiger partial charge in [-0.3, -0.25) is 0 Å². The highest BCUT2D eigenvalue weighted by atomic mass is 14.9. The quantitative estimate of drug-likeness (QED) is 0.870. The van der Waals surface area contributed by atoms with Crippen LogP contribution in [0, 0.1) is 6.92 Å². The molecule has 104 valence electrons. The first-order valence-electron chi connectivity index (χ1n) is 7.42. The molecule has 0 saturated heterocycles. The van der Waals surface area contributed by atoms with Crippen LogP contribution in [-0.2, 0) is 25.7 Å². The van der Waals surface area contributed by atoms with Crippen molar-refractivity contribution in [3.63, 3.8) is 0 Å². The molecule has 0 unspecified atom stereocenters. The molecular weight excluding hydrogens is 246 g/mol. The second kappa shape index (κ2) is 5.61. The van der Waals surface area contributed by atoms with Crippen LogP contribution in [-0.4, -0.2) is 9.97 Å². The maximum absolute atomic E-state index is 5.81. The number of nitrogen functional groups attached to an aromatic ring is 1. The second-order valence-corrected chi connectivity index (χ2v) is 5.60. The van der Waals surface area contributed by atoms with Crippen LogP contribution in [0.25, 0.3) is 0 Å². The Kier molecular flexibility index (Phi) is 3.68. The molecule has 2 aromatic rings. The fourth-order valence-electron chi connectivity index (χ4n) is 2.96. The molecule has 0 spiro atoms. The zero-order chi connectivity index (χ0) is 13.9. The van der Waals surface area contributed by atoms with Crippen molar-refractivity contribution >= 4 is 5.69 Å². The molecule has 0 saturated carbocycles. The maximum Gasteiger partial charge on any atom is 0.129 e. The van der Waals surface area contributed by atoms with Gasteiger partial charge < -0.3 is 5.73 Å². The Balaban J connectivity index is 1.76. The number of aryl methyl sites for hydroxylation is 4. The van der Waals surface area contributed by atoms with Crippen molar-refractivity contribution in [2.75, 3.05) is 5.73 Å². The van der Waals surface area contributed by atoms with Crippen molar-refractivity contribution < 1.29 is 0 Å². The highest BCUT2D eigenvalue weighted by Crippen LogP contribution is 2.22. The number of rotatable bonds is 3. The van der Waals surface area contributed by atoms with E-state index in [2.05, 4.69) is 18.0 Å². The van der Waals surface area contributed by atoms with Crippen LogP contribution in [0.5, 0.6) is 0 Å². The minimum atomic E-state index is 0.824. The Morgan fingerprint density at radius 3 is 2.80 bits per heavy atom. The van der Waals surface area contributed by atoms with E-state index in [-0.39, 0.29) is 0 Å². The third kappa shape index (κ3) is 2.82.